The minimum Gasteiger partial charge on any atom is -0.497 e. The zero-order chi connectivity index (χ0) is 21.8. The number of amides is 2. The number of para-hydroxylation sites is 1. The molecule has 0 atom stereocenters. The molecule has 0 saturated carbocycles. The minimum atomic E-state index is -0.463. The van der Waals surface area contributed by atoms with Gasteiger partial charge in [0.2, 0.25) is 11.7 Å². The number of nitrogens with one attached hydrogen (secondary N) is 2. The highest BCUT2D eigenvalue weighted by Crippen LogP contribution is 2.32. The lowest BCUT2D eigenvalue weighted by molar-refractivity contribution is -0.115. The summed E-state index contributed by atoms with van der Waals surface area (Å²) in [4.78, 5) is 25.7. The third-order valence-corrected chi connectivity index (χ3v) is 4.84. The zero-order valence-electron chi connectivity index (χ0n) is 17.3. The van der Waals surface area contributed by atoms with Gasteiger partial charge in [-0.15, -0.1) is 0 Å². The van der Waals surface area contributed by atoms with Crippen molar-refractivity contribution in [2.45, 2.75) is 13.3 Å². The summed E-state index contributed by atoms with van der Waals surface area (Å²) in [6.07, 6.45) is 0.193. The number of fused-ring (bicyclic) bond motifs is 1. The van der Waals surface area contributed by atoms with E-state index in [0.717, 1.165) is 11.1 Å². The fraction of sp³-hybridized carbons (Fsp3) is 0.120. The monoisotopic (exact) mass is 414 g/mol. The van der Waals surface area contributed by atoms with E-state index in [1.165, 1.54) is 0 Å². The molecule has 0 aliphatic carbocycles. The van der Waals surface area contributed by atoms with Crippen LogP contribution in [0.2, 0.25) is 0 Å². The van der Waals surface area contributed by atoms with Crippen LogP contribution >= 0.6 is 0 Å². The maximum Gasteiger partial charge on any atom is 0.293 e. The molecule has 0 spiro atoms. The van der Waals surface area contributed by atoms with E-state index in [1.807, 2.05) is 49.4 Å². The molecule has 156 valence electrons. The van der Waals surface area contributed by atoms with E-state index in [9.17, 15) is 9.59 Å². The smallest absolute Gasteiger partial charge is 0.293 e. The van der Waals surface area contributed by atoms with Gasteiger partial charge in [-0.1, -0.05) is 48.0 Å². The number of ether oxygens (including phenoxy) is 1. The number of carbonyl (C=O) groups excluding carboxylic acids is 2. The maximum atomic E-state index is 13.0. The molecule has 0 bridgehead atoms. The van der Waals surface area contributed by atoms with Crippen LogP contribution in [0, 0.1) is 6.92 Å². The van der Waals surface area contributed by atoms with Crippen LogP contribution in [0.5, 0.6) is 5.75 Å². The average Bonchev–Trinajstić information content (AvgIpc) is 3.12. The first-order chi connectivity index (χ1) is 15.0. The fourth-order valence-corrected chi connectivity index (χ4v) is 3.41. The predicted octanol–water partition coefficient (Wildman–Crippen LogP) is 5.18. The van der Waals surface area contributed by atoms with Gasteiger partial charge in [0.15, 0.2) is 0 Å². The highest BCUT2D eigenvalue weighted by molar-refractivity contribution is 6.14. The summed E-state index contributed by atoms with van der Waals surface area (Å²) in [6, 6.07) is 22.0. The minimum absolute atomic E-state index is 0.0432. The van der Waals surface area contributed by atoms with Crippen molar-refractivity contribution in [3.63, 3.8) is 0 Å². The molecule has 0 radical (unpaired) electrons. The number of rotatable bonds is 6. The average molecular weight is 414 g/mol. The normalized spacial score (nSPS) is 10.6. The highest BCUT2D eigenvalue weighted by atomic mass is 16.5. The number of carbonyl (C=O) groups is 2. The van der Waals surface area contributed by atoms with E-state index < -0.39 is 5.91 Å². The molecule has 2 N–H and O–H groups in total. The number of benzene rings is 3. The van der Waals surface area contributed by atoms with E-state index in [4.69, 9.17) is 9.15 Å². The first-order valence-electron chi connectivity index (χ1n) is 9.86. The lowest BCUT2D eigenvalue weighted by Crippen LogP contribution is -2.18. The van der Waals surface area contributed by atoms with Crippen LogP contribution in [-0.2, 0) is 11.2 Å². The summed E-state index contributed by atoms with van der Waals surface area (Å²) in [5.41, 5.74) is 3.41. The maximum absolute atomic E-state index is 13.0. The van der Waals surface area contributed by atoms with Crippen LogP contribution in [0.25, 0.3) is 11.0 Å². The Morgan fingerprint density at radius 3 is 2.55 bits per heavy atom. The number of anilines is 2. The Kier molecular flexibility index (Phi) is 5.71. The predicted molar refractivity (Wildman–Crippen MR) is 121 cm³/mol. The summed E-state index contributed by atoms with van der Waals surface area (Å²) < 4.78 is 11.0. The number of hydrogen-bond acceptors (Lipinski definition) is 4. The largest absolute Gasteiger partial charge is 0.497 e. The summed E-state index contributed by atoms with van der Waals surface area (Å²) in [5, 5.41) is 6.34. The molecule has 3 aromatic carbocycles. The second-order valence-electron chi connectivity index (χ2n) is 7.20. The zero-order valence-corrected chi connectivity index (χ0v) is 17.3. The molecule has 2 amide bonds. The standard InChI is InChI=1S/C25H22N2O4/c1-16-7-5-8-17(13-16)14-22(28)27-23-20-11-3-4-12-21(20)31-24(23)25(29)26-18-9-6-10-19(15-18)30-2/h3-13,15H,14H2,1-2H3,(H,26,29)(H,27,28). The molecule has 0 aliphatic heterocycles. The van der Waals surface area contributed by atoms with Gasteiger partial charge in [-0.2, -0.15) is 0 Å². The molecular formula is C25H22N2O4. The van der Waals surface area contributed by atoms with Crippen molar-refractivity contribution in [2.24, 2.45) is 0 Å². The highest BCUT2D eigenvalue weighted by Gasteiger charge is 2.22. The second-order valence-corrected chi connectivity index (χ2v) is 7.20. The molecule has 31 heavy (non-hydrogen) atoms. The summed E-state index contributed by atoms with van der Waals surface area (Å²) in [6.45, 7) is 1.98. The van der Waals surface area contributed by atoms with E-state index >= 15 is 0 Å². The van der Waals surface area contributed by atoms with E-state index in [1.54, 1.807) is 37.4 Å². The van der Waals surface area contributed by atoms with Crippen molar-refractivity contribution in [2.75, 3.05) is 17.7 Å². The number of methoxy groups -OCH3 is 1. The van der Waals surface area contributed by atoms with Crippen LogP contribution in [0.1, 0.15) is 21.7 Å². The third kappa shape index (κ3) is 4.59. The van der Waals surface area contributed by atoms with Crippen molar-refractivity contribution in [1.29, 1.82) is 0 Å². The van der Waals surface area contributed by atoms with Gasteiger partial charge in [-0.3, -0.25) is 9.59 Å². The third-order valence-electron chi connectivity index (χ3n) is 4.84. The first kappa shape index (κ1) is 20.2. The topological polar surface area (TPSA) is 80.6 Å². The second kappa shape index (κ2) is 8.75. The molecule has 4 aromatic rings. The summed E-state index contributed by atoms with van der Waals surface area (Å²) in [7, 11) is 1.56. The van der Waals surface area contributed by atoms with Gasteiger partial charge >= 0.3 is 0 Å². The van der Waals surface area contributed by atoms with Crippen LogP contribution in [0.3, 0.4) is 0 Å². The summed E-state index contributed by atoms with van der Waals surface area (Å²) in [5.74, 6) is -0.0291. The van der Waals surface area contributed by atoms with Crippen molar-refractivity contribution < 1.29 is 18.7 Å². The Morgan fingerprint density at radius 1 is 0.935 bits per heavy atom. The Labute approximate surface area is 179 Å². The van der Waals surface area contributed by atoms with Crippen molar-refractivity contribution in [3.05, 3.63) is 89.7 Å². The van der Waals surface area contributed by atoms with Crippen LogP contribution in [0.15, 0.2) is 77.2 Å². The van der Waals surface area contributed by atoms with Crippen molar-refractivity contribution in [1.82, 2.24) is 0 Å². The van der Waals surface area contributed by atoms with Gasteiger partial charge in [0.05, 0.1) is 13.5 Å². The molecule has 6 heteroatoms. The molecule has 6 nitrogen and oxygen atoms in total. The molecule has 1 heterocycles. The van der Waals surface area contributed by atoms with Crippen LogP contribution in [0.4, 0.5) is 11.4 Å². The molecule has 0 fully saturated rings. The van der Waals surface area contributed by atoms with E-state index in [2.05, 4.69) is 10.6 Å². The Bertz CT molecular complexity index is 1260. The number of aryl methyl sites for hydroxylation is 1. The van der Waals surface area contributed by atoms with Gasteiger partial charge < -0.3 is 19.8 Å². The molecule has 0 aliphatic rings. The Balaban J connectivity index is 1.62. The lowest BCUT2D eigenvalue weighted by Gasteiger charge is -2.09. The van der Waals surface area contributed by atoms with Crippen LogP contribution in [-0.4, -0.2) is 18.9 Å². The SMILES string of the molecule is COc1cccc(NC(=O)c2oc3ccccc3c2NC(=O)Cc2cccc(C)c2)c1. The number of furan rings is 1. The molecule has 4 rings (SSSR count). The van der Waals surface area contributed by atoms with Gasteiger partial charge in [-0.25, -0.2) is 0 Å². The molecule has 1 aromatic heterocycles. The van der Waals surface area contributed by atoms with E-state index in [-0.39, 0.29) is 18.1 Å². The van der Waals surface area contributed by atoms with E-state index in [0.29, 0.717) is 28.1 Å². The molecular weight excluding hydrogens is 392 g/mol. The van der Waals surface area contributed by atoms with Crippen LogP contribution < -0.4 is 15.4 Å². The Morgan fingerprint density at radius 2 is 1.74 bits per heavy atom. The van der Waals surface area contributed by atoms with Crippen molar-refractivity contribution in [3.8, 4) is 5.75 Å². The first-order valence-corrected chi connectivity index (χ1v) is 9.86. The summed E-state index contributed by atoms with van der Waals surface area (Å²) >= 11 is 0. The van der Waals surface area contributed by atoms with Gasteiger partial charge in [0, 0.05) is 17.1 Å². The van der Waals surface area contributed by atoms with Gasteiger partial charge in [-0.05, 0) is 36.8 Å². The molecule has 0 saturated heterocycles. The quantitative estimate of drug-likeness (QED) is 0.455. The fourth-order valence-electron chi connectivity index (χ4n) is 3.41. The number of hydrogen-bond donors (Lipinski definition) is 2. The van der Waals surface area contributed by atoms with Crippen molar-refractivity contribution >= 4 is 34.2 Å². The Hall–Kier alpha value is -4.06. The van der Waals surface area contributed by atoms with Gasteiger partial charge in [0.1, 0.15) is 17.0 Å². The lowest BCUT2D eigenvalue weighted by atomic mass is 10.1. The van der Waals surface area contributed by atoms with Gasteiger partial charge in [0.25, 0.3) is 5.91 Å². The molecule has 0 unspecified atom stereocenters.